The fourth-order valence-electron chi connectivity index (χ4n) is 6.80. The van der Waals surface area contributed by atoms with Crippen LogP contribution in [0.15, 0.2) is 36.4 Å². The Morgan fingerprint density at radius 3 is 2.09 bits per heavy atom. The standard InChI is InChI=1S/C26H28O6/c1-31-19-4-2-18(3-5-19)21(27)14-32-22-7-6-20(25(29)30)24(28)23(22)26-11-15-8-16(12-26)10-17(9-15)13-26/h2-7,15-17,28H,8-14H2,1H3,(H,29,30). The van der Waals surface area contributed by atoms with E-state index in [4.69, 9.17) is 9.47 Å². The van der Waals surface area contributed by atoms with E-state index in [9.17, 15) is 19.8 Å². The van der Waals surface area contributed by atoms with Gasteiger partial charge in [0.05, 0.1) is 7.11 Å². The van der Waals surface area contributed by atoms with Crippen LogP contribution in [0, 0.1) is 17.8 Å². The Morgan fingerprint density at radius 1 is 0.969 bits per heavy atom. The van der Waals surface area contributed by atoms with E-state index < -0.39 is 5.97 Å². The van der Waals surface area contributed by atoms with Crippen LogP contribution in [0.3, 0.4) is 0 Å². The summed E-state index contributed by atoms with van der Waals surface area (Å²) in [6, 6.07) is 9.81. The van der Waals surface area contributed by atoms with Crippen LogP contribution in [0.5, 0.6) is 17.2 Å². The molecule has 6 heteroatoms. The summed E-state index contributed by atoms with van der Waals surface area (Å²) in [4.78, 5) is 24.5. The first-order chi connectivity index (χ1) is 15.4. The highest BCUT2D eigenvalue weighted by molar-refractivity contribution is 5.97. The molecule has 0 radical (unpaired) electrons. The predicted molar refractivity (Wildman–Crippen MR) is 118 cm³/mol. The molecule has 0 unspecified atom stereocenters. The predicted octanol–water partition coefficient (Wildman–Crippen LogP) is 4.83. The third-order valence-electron chi connectivity index (χ3n) is 7.71. The zero-order valence-electron chi connectivity index (χ0n) is 18.2. The van der Waals surface area contributed by atoms with Gasteiger partial charge in [0.1, 0.15) is 22.8 Å². The van der Waals surface area contributed by atoms with E-state index in [-0.39, 0.29) is 29.1 Å². The lowest BCUT2D eigenvalue weighted by Crippen LogP contribution is -2.48. The summed E-state index contributed by atoms with van der Waals surface area (Å²) >= 11 is 0. The lowest BCUT2D eigenvalue weighted by molar-refractivity contribution is -0.00740. The minimum atomic E-state index is -1.16. The Hall–Kier alpha value is -3.02. The number of methoxy groups -OCH3 is 1. The number of carboxylic acids is 1. The second kappa shape index (κ2) is 7.84. The summed E-state index contributed by atoms with van der Waals surface area (Å²) in [5, 5.41) is 20.7. The van der Waals surface area contributed by atoms with Crippen LogP contribution in [0.1, 0.15) is 64.8 Å². The number of hydrogen-bond donors (Lipinski definition) is 2. The van der Waals surface area contributed by atoms with Gasteiger partial charge in [-0.25, -0.2) is 4.79 Å². The number of hydrogen-bond acceptors (Lipinski definition) is 5. The summed E-state index contributed by atoms with van der Waals surface area (Å²) in [5.74, 6) is 1.39. The summed E-state index contributed by atoms with van der Waals surface area (Å²) in [5.41, 5.74) is 0.722. The van der Waals surface area contributed by atoms with Crippen molar-refractivity contribution in [2.45, 2.75) is 43.9 Å². The van der Waals surface area contributed by atoms with Crippen LogP contribution in [-0.2, 0) is 5.41 Å². The number of carbonyl (C=O) groups is 2. The minimum Gasteiger partial charge on any atom is -0.507 e. The zero-order valence-corrected chi connectivity index (χ0v) is 18.2. The van der Waals surface area contributed by atoms with Crippen molar-refractivity contribution >= 4 is 11.8 Å². The largest absolute Gasteiger partial charge is 0.507 e. The summed E-state index contributed by atoms with van der Waals surface area (Å²) in [6.45, 7) is -0.183. The highest BCUT2D eigenvalue weighted by Gasteiger charge is 2.53. The molecule has 2 aromatic rings. The smallest absolute Gasteiger partial charge is 0.339 e. The van der Waals surface area contributed by atoms with Gasteiger partial charge in [-0.2, -0.15) is 0 Å². The second-order valence-electron chi connectivity index (χ2n) is 9.78. The molecule has 0 aliphatic heterocycles. The van der Waals surface area contributed by atoms with Crippen molar-refractivity contribution in [2.24, 2.45) is 17.8 Å². The maximum Gasteiger partial charge on any atom is 0.339 e. The topological polar surface area (TPSA) is 93.1 Å². The maximum atomic E-state index is 12.7. The van der Waals surface area contributed by atoms with Crippen LogP contribution >= 0.6 is 0 Å². The van der Waals surface area contributed by atoms with Gasteiger partial charge in [-0.05, 0) is 92.7 Å². The first-order valence-corrected chi connectivity index (χ1v) is 11.3. The van der Waals surface area contributed by atoms with E-state index >= 15 is 0 Å². The molecule has 0 saturated heterocycles. The number of aromatic hydroxyl groups is 1. The van der Waals surface area contributed by atoms with Crippen molar-refractivity contribution in [3.63, 3.8) is 0 Å². The summed E-state index contributed by atoms with van der Waals surface area (Å²) in [7, 11) is 1.57. The van der Waals surface area contributed by atoms with Crippen molar-refractivity contribution in [1.29, 1.82) is 0 Å². The molecule has 168 valence electrons. The van der Waals surface area contributed by atoms with Crippen molar-refractivity contribution in [2.75, 3.05) is 13.7 Å². The van der Waals surface area contributed by atoms with Crippen molar-refractivity contribution < 1.29 is 29.3 Å². The molecule has 4 fully saturated rings. The second-order valence-corrected chi connectivity index (χ2v) is 9.78. The number of ketones is 1. The van der Waals surface area contributed by atoms with Gasteiger partial charge in [-0.1, -0.05) is 0 Å². The van der Waals surface area contributed by atoms with Gasteiger partial charge in [0.25, 0.3) is 0 Å². The van der Waals surface area contributed by atoms with E-state index in [1.807, 2.05) is 0 Å². The Labute approximate surface area is 187 Å². The molecule has 4 aliphatic carbocycles. The molecule has 32 heavy (non-hydrogen) atoms. The van der Waals surface area contributed by atoms with Gasteiger partial charge in [0.2, 0.25) is 0 Å². The minimum absolute atomic E-state index is 0.107. The van der Waals surface area contributed by atoms with Crippen LogP contribution < -0.4 is 9.47 Å². The molecule has 6 rings (SSSR count). The number of benzene rings is 2. The highest BCUT2D eigenvalue weighted by Crippen LogP contribution is 2.63. The maximum absolute atomic E-state index is 12.7. The SMILES string of the molecule is COc1ccc(C(=O)COc2ccc(C(=O)O)c(O)c2C23CC4CC(CC(C4)C2)C3)cc1. The average Bonchev–Trinajstić information content (AvgIpc) is 2.76. The van der Waals surface area contributed by atoms with Gasteiger partial charge in [-0.3, -0.25) is 4.79 Å². The van der Waals surface area contributed by atoms with Crippen LogP contribution in [0.4, 0.5) is 0 Å². The number of carbonyl (C=O) groups excluding carboxylic acids is 1. The van der Waals surface area contributed by atoms with Crippen LogP contribution in [0.25, 0.3) is 0 Å². The highest BCUT2D eigenvalue weighted by atomic mass is 16.5. The molecular formula is C26H28O6. The van der Waals surface area contributed by atoms with E-state index in [1.165, 1.54) is 25.3 Å². The molecular weight excluding hydrogens is 408 g/mol. The number of ether oxygens (including phenoxy) is 2. The molecule has 4 saturated carbocycles. The third kappa shape index (κ3) is 3.51. The molecule has 2 N–H and O–H groups in total. The van der Waals surface area contributed by atoms with Crippen LogP contribution in [0.2, 0.25) is 0 Å². The van der Waals surface area contributed by atoms with Gasteiger partial charge >= 0.3 is 5.97 Å². The molecule has 4 aliphatic rings. The molecule has 0 spiro atoms. The Morgan fingerprint density at radius 2 is 1.56 bits per heavy atom. The van der Waals surface area contributed by atoms with Crippen molar-refractivity contribution in [3.05, 3.63) is 53.1 Å². The normalized spacial score (nSPS) is 27.8. The average molecular weight is 437 g/mol. The first kappa shape index (κ1) is 20.9. The van der Waals surface area contributed by atoms with Crippen LogP contribution in [-0.4, -0.2) is 35.7 Å². The fourth-order valence-corrected chi connectivity index (χ4v) is 6.80. The van der Waals surface area contributed by atoms with E-state index in [0.717, 1.165) is 19.3 Å². The molecule has 2 aromatic carbocycles. The number of carboxylic acid groups (broad SMARTS) is 1. The van der Waals surface area contributed by atoms with Gasteiger partial charge in [0, 0.05) is 16.5 Å². The van der Waals surface area contributed by atoms with E-state index in [2.05, 4.69) is 0 Å². The van der Waals surface area contributed by atoms with E-state index in [1.54, 1.807) is 37.4 Å². The number of Topliss-reactive ketones (excluding diaryl/α,β-unsaturated/α-hetero) is 1. The molecule has 0 amide bonds. The van der Waals surface area contributed by atoms with E-state index in [0.29, 0.717) is 40.4 Å². The summed E-state index contributed by atoms with van der Waals surface area (Å²) < 4.78 is 11.1. The van der Waals surface area contributed by atoms with Gasteiger partial charge in [0.15, 0.2) is 12.4 Å². The number of phenols is 1. The number of rotatable bonds is 7. The van der Waals surface area contributed by atoms with Gasteiger partial charge < -0.3 is 19.7 Å². The van der Waals surface area contributed by atoms with Gasteiger partial charge in [-0.15, -0.1) is 0 Å². The lowest BCUT2D eigenvalue weighted by atomic mass is 9.48. The Balaban J connectivity index is 1.47. The zero-order chi connectivity index (χ0) is 22.5. The molecule has 0 atom stereocenters. The Bertz CT molecular complexity index is 1020. The monoisotopic (exact) mass is 436 g/mol. The number of aromatic carboxylic acids is 1. The molecule has 6 nitrogen and oxygen atoms in total. The molecule has 4 bridgehead atoms. The first-order valence-electron chi connectivity index (χ1n) is 11.3. The lowest BCUT2D eigenvalue weighted by Gasteiger charge is -2.57. The Kier molecular flexibility index (Phi) is 5.11. The summed E-state index contributed by atoms with van der Waals surface area (Å²) in [6.07, 6.45) is 6.51. The van der Waals surface area contributed by atoms with Crippen molar-refractivity contribution in [1.82, 2.24) is 0 Å². The molecule has 0 aromatic heterocycles. The molecule has 0 heterocycles. The van der Waals surface area contributed by atoms with Crippen molar-refractivity contribution in [3.8, 4) is 17.2 Å². The third-order valence-corrected chi connectivity index (χ3v) is 7.71. The fraction of sp³-hybridized carbons (Fsp3) is 0.462. The quantitative estimate of drug-likeness (QED) is 0.604.